The lowest BCUT2D eigenvalue weighted by atomic mass is 10.3. The number of nitrogens with zero attached hydrogens (tertiary/aromatic N) is 4. The first-order chi connectivity index (χ1) is 12.3. The van der Waals surface area contributed by atoms with Crippen LogP contribution in [0.25, 0.3) is 11.2 Å². The second-order valence-electron chi connectivity index (χ2n) is 5.48. The normalized spacial score (nSPS) is 14.7. The molecular formula is C17H11N4O2PS. The quantitative estimate of drug-likeness (QED) is 0.508. The van der Waals surface area contributed by atoms with E-state index in [1.54, 1.807) is 30.1 Å². The molecule has 0 atom stereocenters. The zero-order chi connectivity index (χ0) is 16.9. The second-order valence-corrected chi connectivity index (χ2v) is 8.79. The third-order valence-electron chi connectivity index (χ3n) is 3.96. The van der Waals surface area contributed by atoms with Gasteiger partial charge in [-0.2, -0.15) is 0 Å². The standard InChI is InChI=1S/C17H11N4O2PS/c22-24(23-21-17-12(19-20-21)6-5-11-18-17)13-7-1-3-9-15(13)25-16-10-4-2-8-14(16)24/h1-11H. The summed E-state index contributed by atoms with van der Waals surface area (Å²) in [7, 11) is -3.39. The summed E-state index contributed by atoms with van der Waals surface area (Å²) in [4.78, 5) is 7.24. The molecule has 0 saturated carbocycles. The molecule has 3 heterocycles. The minimum absolute atomic E-state index is 0.436. The van der Waals surface area contributed by atoms with Gasteiger partial charge in [0, 0.05) is 16.0 Å². The molecule has 0 unspecified atom stereocenters. The molecule has 8 heteroatoms. The van der Waals surface area contributed by atoms with Crippen molar-refractivity contribution in [2.75, 3.05) is 0 Å². The van der Waals surface area contributed by atoms with Gasteiger partial charge in [-0.3, -0.25) is 4.57 Å². The van der Waals surface area contributed by atoms with Crippen LogP contribution < -0.4 is 15.2 Å². The van der Waals surface area contributed by atoms with E-state index in [1.165, 1.54) is 4.85 Å². The molecule has 0 saturated heterocycles. The Balaban J connectivity index is 1.73. The highest BCUT2D eigenvalue weighted by Crippen LogP contribution is 2.51. The molecule has 0 fully saturated rings. The van der Waals surface area contributed by atoms with Crippen LogP contribution in [0.1, 0.15) is 0 Å². The van der Waals surface area contributed by atoms with Crippen molar-refractivity contribution in [3.8, 4) is 0 Å². The van der Waals surface area contributed by atoms with Crippen molar-refractivity contribution in [1.29, 1.82) is 0 Å². The first-order valence-corrected chi connectivity index (χ1v) is 10.0. The summed E-state index contributed by atoms with van der Waals surface area (Å²) in [6.45, 7) is 0. The smallest absolute Gasteiger partial charge is 0.328 e. The summed E-state index contributed by atoms with van der Waals surface area (Å²) in [5.41, 5.74) is 1.02. The average Bonchev–Trinajstić information content (AvgIpc) is 3.05. The summed E-state index contributed by atoms with van der Waals surface area (Å²) < 4.78 is 20.0. The Kier molecular flexibility index (Phi) is 3.20. The molecule has 1 aliphatic rings. The first kappa shape index (κ1) is 14.7. The van der Waals surface area contributed by atoms with Gasteiger partial charge in [0.05, 0.1) is 10.6 Å². The van der Waals surface area contributed by atoms with E-state index in [1.807, 2.05) is 48.5 Å². The second kappa shape index (κ2) is 5.44. The Morgan fingerprint density at radius 2 is 1.60 bits per heavy atom. The molecule has 0 N–H and O–H groups in total. The predicted molar refractivity (Wildman–Crippen MR) is 95.8 cm³/mol. The van der Waals surface area contributed by atoms with Crippen molar-refractivity contribution in [2.45, 2.75) is 9.79 Å². The van der Waals surface area contributed by atoms with Crippen molar-refractivity contribution in [1.82, 2.24) is 20.1 Å². The summed E-state index contributed by atoms with van der Waals surface area (Å²) in [5.74, 6) is 0. The first-order valence-electron chi connectivity index (χ1n) is 7.59. The van der Waals surface area contributed by atoms with Gasteiger partial charge in [0.15, 0.2) is 0 Å². The molecule has 0 bridgehead atoms. The zero-order valence-electron chi connectivity index (χ0n) is 12.8. The summed E-state index contributed by atoms with van der Waals surface area (Å²) >= 11 is 1.59. The van der Waals surface area contributed by atoms with Gasteiger partial charge >= 0.3 is 7.37 Å². The fraction of sp³-hybridized carbons (Fsp3) is 0. The van der Waals surface area contributed by atoms with Gasteiger partial charge in [-0.25, -0.2) is 4.98 Å². The van der Waals surface area contributed by atoms with Gasteiger partial charge in [0.2, 0.25) is 5.65 Å². The molecule has 25 heavy (non-hydrogen) atoms. The maximum absolute atomic E-state index is 14.0. The van der Waals surface area contributed by atoms with Gasteiger partial charge in [-0.1, -0.05) is 40.9 Å². The third-order valence-corrected chi connectivity index (χ3v) is 7.85. The van der Waals surface area contributed by atoms with Crippen LogP contribution >= 0.6 is 19.1 Å². The van der Waals surface area contributed by atoms with Crippen molar-refractivity contribution in [3.05, 3.63) is 66.9 Å². The van der Waals surface area contributed by atoms with Gasteiger partial charge in [0.1, 0.15) is 5.52 Å². The highest BCUT2D eigenvalue weighted by Gasteiger charge is 2.40. The number of rotatable bonds is 2. The van der Waals surface area contributed by atoms with Gasteiger partial charge in [-0.15, -0.1) is 5.10 Å². The highest BCUT2D eigenvalue weighted by atomic mass is 32.2. The lowest BCUT2D eigenvalue weighted by molar-refractivity contribution is 0.247. The predicted octanol–water partition coefficient (Wildman–Crippen LogP) is 2.65. The van der Waals surface area contributed by atoms with Gasteiger partial charge in [-0.05, 0) is 41.6 Å². The summed E-state index contributed by atoms with van der Waals surface area (Å²) in [6.07, 6.45) is 1.63. The Labute approximate surface area is 147 Å². The van der Waals surface area contributed by atoms with E-state index < -0.39 is 7.37 Å². The fourth-order valence-electron chi connectivity index (χ4n) is 2.82. The molecule has 5 rings (SSSR count). The summed E-state index contributed by atoms with van der Waals surface area (Å²) in [6, 6.07) is 18.7. The third kappa shape index (κ3) is 2.20. The number of fused-ring (bicyclic) bond motifs is 3. The van der Waals surface area contributed by atoms with Crippen LogP contribution in [0.3, 0.4) is 0 Å². The van der Waals surface area contributed by atoms with E-state index in [2.05, 4.69) is 15.3 Å². The Morgan fingerprint density at radius 3 is 2.32 bits per heavy atom. The lowest BCUT2D eigenvalue weighted by Gasteiger charge is -2.26. The zero-order valence-corrected chi connectivity index (χ0v) is 14.5. The molecule has 1 aliphatic heterocycles. The Bertz CT molecular complexity index is 1110. The van der Waals surface area contributed by atoms with Crippen LogP contribution in [0.4, 0.5) is 0 Å². The largest absolute Gasteiger partial charge is 0.332 e. The van der Waals surface area contributed by atoms with E-state index in [0.29, 0.717) is 21.8 Å². The van der Waals surface area contributed by atoms with E-state index >= 15 is 0 Å². The molecular weight excluding hydrogens is 355 g/mol. The maximum atomic E-state index is 14.0. The van der Waals surface area contributed by atoms with Crippen LogP contribution in [0.2, 0.25) is 0 Å². The minimum Gasteiger partial charge on any atom is -0.328 e. The van der Waals surface area contributed by atoms with E-state index in [-0.39, 0.29) is 0 Å². The maximum Gasteiger partial charge on any atom is 0.332 e. The molecule has 0 amide bonds. The van der Waals surface area contributed by atoms with Crippen LogP contribution in [0, 0.1) is 0 Å². The Morgan fingerprint density at radius 1 is 0.920 bits per heavy atom. The van der Waals surface area contributed by atoms with Crippen LogP contribution in [-0.2, 0) is 4.57 Å². The number of benzene rings is 2. The van der Waals surface area contributed by atoms with Crippen molar-refractivity contribution < 1.29 is 9.19 Å². The molecule has 0 aliphatic carbocycles. The van der Waals surface area contributed by atoms with Crippen molar-refractivity contribution in [2.24, 2.45) is 0 Å². The van der Waals surface area contributed by atoms with Crippen LogP contribution in [0.5, 0.6) is 0 Å². The van der Waals surface area contributed by atoms with Gasteiger partial charge in [0.25, 0.3) is 0 Å². The molecule has 0 radical (unpaired) electrons. The van der Waals surface area contributed by atoms with Crippen molar-refractivity contribution >= 4 is 40.9 Å². The summed E-state index contributed by atoms with van der Waals surface area (Å²) in [5, 5.41) is 9.34. The number of pyridine rings is 1. The molecule has 0 spiro atoms. The van der Waals surface area contributed by atoms with E-state index in [4.69, 9.17) is 4.62 Å². The highest BCUT2D eigenvalue weighted by molar-refractivity contribution is 8.01. The van der Waals surface area contributed by atoms with Crippen LogP contribution in [0.15, 0.2) is 76.7 Å². The topological polar surface area (TPSA) is 69.9 Å². The van der Waals surface area contributed by atoms with Crippen LogP contribution in [-0.4, -0.2) is 20.1 Å². The SMILES string of the molecule is O=P1(On2nnc3cccnc32)c2ccccc2Sc2ccccc21. The Hall–Kier alpha value is -2.63. The molecule has 2 aromatic heterocycles. The van der Waals surface area contributed by atoms with Gasteiger partial charge < -0.3 is 4.62 Å². The average molecular weight is 366 g/mol. The molecule has 6 nitrogen and oxygen atoms in total. The lowest BCUT2D eigenvalue weighted by Crippen LogP contribution is -2.30. The van der Waals surface area contributed by atoms with E-state index in [0.717, 1.165) is 9.79 Å². The van der Waals surface area contributed by atoms with Crippen molar-refractivity contribution in [3.63, 3.8) is 0 Å². The molecule has 2 aromatic carbocycles. The molecule has 4 aromatic rings. The fourth-order valence-corrected chi connectivity index (χ4v) is 6.75. The molecule has 122 valence electrons. The number of hydrogen-bond donors (Lipinski definition) is 0. The number of aromatic nitrogens is 4. The minimum atomic E-state index is -3.39. The van der Waals surface area contributed by atoms with E-state index in [9.17, 15) is 4.57 Å². The number of hydrogen-bond acceptors (Lipinski definition) is 6. The monoisotopic (exact) mass is 366 g/mol.